The van der Waals surface area contributed by atoms with Crippen LogP contribution in [0.2, 0.25) is 0 Å². The molecule has 0 spiro atoms. The van der Waals surface area contributed by atoms with Gasteiger partial charge in [-0.3, -0.25) is 4.79 Å². The fraction of sp³-hybridized carbons (Fsp3) is 0.464. The molecule has 0 radical (unpaired) electrons. The summed E-state index contributed by atoms with van der Waals surface area (Å²) in [5, 5.41) is 10.9. The highest BCUT2D eigenvalue weighted by molar-refractivity contribution is 6.18. The largest absolute Gasteiger partial charge is 0.507 e. The number of unbranched alkanes of at least 4 members (excludes halogenated alkanes) is 7. The van der Waals surface area contributed by atoms with Crippen molar-refractivity contribution in [3.63, 3.8) is 0 Å². The average molecular weight is 469 g/mol. The van der Waals surface area contributed by atoms with Gasteiger partial charge in [-0.05, 0) is 31.4 Å². The van der Waals surface area contributed by atoms with Crippen LogP contribution in [0.15, 0.2) is 36.4 Å². The van der Waals surface area contributed by atoms with Crippen molar-refractivity contribution >= 4 is 17.7 Å². The molecule has 0 aromatic heterocycles. The molecular formula is C28H36O6. The van der Waals surface area contributed by atoms with Crippen molar-refractivity contribution in [2.24, 2.45) is 0 Å². The lowest BCUT2D eigenvalue weighted by Gasteiger charge is -2.17. The van der Waals surface area contributed by atoms with Gasteiger partial charge in [0, 0.05) is 11.1 Å². The molecule has 6 heteroatoms. The fourth-order valence-corrected chi connectivity index (χ4v) is 4.01. The zero-order valence-electron chi connectivity index (χ0n) is 20.5. The van der Waals surface area contributed by atoms with Crippen LogP contribution in [0, 0.1) is 0 Å². The number of phenols is 1. The van der Waals surface area contributed by atoms with Gasteiger partial charge in [0.05, 0.1) is 19.3 Å². The smallest absolute Gasteiger partial charge is 0.342 e. The lowest BCUT2D eigenvalue weighted by atomic mass is 9.89. The predicted octanol–water partition coefficient (Wildman–Crippen LogP) is 6.27. The number of carbonyl (C=O) groups excluding carboxylic acids is 3. The number of phenolic OH excluding ortho intramolecular Hbond substituents is 1. The molecule has 0 aliphatic heterocycles. The molecule has 2 aromatic rings. The Morgan fingerprint density at radius 1 is 0.824 bits per heavy atom. The van der Waals surface area contributed by atoms with Crippen LogP contribution >= 0.6 is 0 Å². The highest BCUT2D eigenvalue weighted by Crippen LogP contribution is 2.33. The van der Waals surface area contributed by atoms with E-state index < -0.39 is 17.7 Å². The van der Waals surface area contributed by atoms with Crippen molar-refractivity contribution in [1.29, 1.82) is 0 Å². The van der Waals surface area contributed by atoms with Gasteiger partial charge in [0.15, 0.2) is 5.78 Å². The molecule has 0 bridgehead atoms. The topological polar surface area (TPSA) is 89.9 Å². The first-order valence-electron chi connectivity index (χ1n) is 12.2. The highest BCUT2D eigenvalue weighted by atomic mass is 16.5. The van der Waals surface area contributed by atoms with Crippen LogP contribution in [0.1, 0.15) is 107 Å². The van der Waals surface area contributed by atoms with E-state index in [1.165, 1.54) is 45.3 Å². The molecule has 6 nitrogen and oxygen atoms in total. The molecule has 0 aliphatic rings. The molecule has 2 aromatic carbocycles. The summed E-state index contributed by atoms with van der Waals surface area (Å²) in [6.07, 6.45) is 9.44. The Kier molecular flexibility index (Phi) is 11.3. The third kappa shape index (κ3) is 7.17. The molecule has 0 heterocycles. The zero-order chi connectivity index (χ0) is 24.9. The molecule has 0 saturated carbocycles. The van der Waals surface area contributed by atoms with Crippen molar-refractivity contribution in [3.05, 3.63) is 64.2 Å². The van der Waals surface area contributed by atoms with E-state index in [2.05, 4.69) is 6.92 Å². The van der Waals surface area contributed by atoms with Gasteiger partial charge in [0.1, 0.15) is 11.3 Å². The van der Waals surface area contributed by atoms with E-state index in [-0.39, 0.29) is 29.0 Å². The summed E-state index contributed by atoms with van der Waals surface area (Å²) in [4.78, 5) is 38.8. The minimum Gasteiger partial charge on any atom is -0.507 e. The molecule has 0 fully saturated rings. The Labute approximate surface area is 202 Å². The number of methoxy groups -OCH3 is 1. The Bertz CT molecular complexity index is 965. The Morgan fingerprint density at radius 2 is 1.44 bits per heavy atom. The summed E-state index contributed by atoms with van der Waals surface area (Å²) in [5.74, 6) is -2.50. The highest BCUT2D eigenvalue weighted by Gasteiger charge is 2.31. The lowest BCUT2D eigenvalue weighted by Crippen LogP contribution is -2.20. The van der Waals surface area contributed by atoms with Gasteiger partial charge in [-0.1, -0.05) is 82.2 Å². The number of hydrogen-bond acceptors (Lipinski definition) is 6. The molecular weight excluding hydrogens is 432 g/mol. The molecule has 1 N–H and O–H groups in total. The van der Waals surface area contributed by atoms with Crippen LogP contribution in [-0.4, -0.2) is 36.5 Å². The molecule has 0 amide bonds. The quantitative estimate of drug-likeness (QED) is 0.200. The Morgan fingerprint density at radius 3 is 2.03 bits per heavy atom. The van der Waals surface area contributed by atoms with Crippen molar-refractivity contribution in [2.75, 3.05) is 13.7 Å². The van der Waals surface area contributed by atoms with Crippen molar-refractivity contribution in [3.8, 4) is 5.75 Å². The minimum atomic E-state index is -0.888. The maximum atomic E-state index is 13.4. The number of benzene rings is 2. The minimum absolute atomic E-state index is 0.0254. The van der Waals surface area contributed by atoms with Crippen LogP contribution < -0.4 is 0 Å². The van der Waals surface area contributed by atoms with E-state index in [0.29, 0.717) is 17.5 Å². The summed E-state index contributed by atoms with van der Waals surface area (Å²) in [6, 6.07) is 10.0. The lowest BCUT2D eigenvalue weighted by molar-refractivity contribution is 0.0499. The van der Waals surface area contributed by atoms with Crippen LogP contribution in [0.5, 0.6) is 5.75 Å². The van der Waals surface area contributed by atoms with Crippen LogP contribution in [-0.2, 0) is 15.9 Å². The summed E-state index contributed by atoms with van der Waals surface area (Å²) in [5.41, 5.74) is 0.251. The van der Waals surface area contributed by atoms with Crippen LogP contribution in [0.25, 0.3) is 0 Å². The van der Waals surface area contributed by atoms with Crippen LogP contribution in [0.3, 0.4) is 0 Å². The summed E-state index contributed by atoms with van der Waals surface area (Å²) < 4.78 is 9.98. The third-order valence-corrected chi connectivity index (χ3v) is 5.83. The van der Waals surface area contributed by atoms with E-state index in [9.17, 15) is 19.5 Å². The molecule has 184 valence electrons. The number of hydrogen-bond donors (Lipinski definition) is 1. The number of ether oxygens (including phenoxy) is 2. The number of rotatable bonds is 14. The number of esters is 2. The SMILES string of the molecule is CCCCCCCCCCc1cc(C(=O)c2ccccc2)c(C(=O)OCC)c(C(=O)OC)c1O. The van der Waals surface area contributed by atoms with Gasteiger partial charge >= 0.3 is 11.9 Å². The zero-order valence-corrected chi connectivity index (χ0v) is 20.5. The number of carbonyl (C=O) groups is 3. The number of ketones is 1. The van der Waals surface area contributed by atoms with E-state index in [4.69, 9.17) is 9.47 Å². The maximum Gasteiger partial charge on any atom is 0.342 e. The van der Waals surface area contributed by atoms with Crippen molar-refractivity contribution in [1.82, 2.24) is 0 Å². The maximum absolute atomic E-state index is 13.4. The second-order valence-corrected chi connectivity index (χ2v) is 8.31. The van der Waals surface area contributed by atoms with Gasteiger partial charge in [0.25, 0.3) is 0 Å². The molecule has 0 unspecified atom stereocenters. The summed E-state index contributed by atoms with van der Waals surface area (Å²) >= 11 is 0. The monoisotopic (exact) mass is 468 g/mol. The first kappa shape index (κ1) is 27.1. The predicted molar refractivity (Wildman–Crippen MR) is 132 cm³/mol. The van der Waals surface area contributed by atoms with Gasteiger partial charge < -0.3 is 14.6 Å². The van der Waals surface area contributed by atoms with Crippen molar-refractivity contribution < 1.29 is 29.0 Å². The molecule has 0 aliphatic carbocycles. The first-order valence-corrected chi connectivity index (χ1v) is 12.2. The number of aryl methyl sites for hydroxylation is 1. The fourth-order valence-electron chi connectivity index (χ4n) is 4.01. The second-order valence-electron chi connectivity index (χ2n) is 8.31. The van der Waals surface area contributed by atoms with Gasteiger partial charge in [-0.15, -0.1) is 0 Å². The molecule has 0 atom stereocenters. The standard InChI is InChI=1S/C28H36O6/c1-4-6-7-8-9-10-11-13-18-21-19-22(25(29)20-16-14-12-15-17-20)23(28(32)34-5-2)24(26(21)30)27(31)33-3/h12,14-17,19,30H,4-11,13,18H2,1-3H3. The van der Waals surface area contributed by atoms with E-state index in [0.717, 1.165) is 19.3 Å². The van der Waals surface area contributed by atoms with Gasteiger partial charge in [-0.2, -0.15) is 0 Å². The van der Waals surface area contributed by atoms with Crippen LogP contribution in [0.4, 0.5) is 0 Å². The molecule has 34 heavy (non-hydrogen) atoms. The second kappa shape index (κ2) is 14.2. The third-order valence-electron chi connectivity index (χ3n) is 5.83. The Hall–Kier alpha value is -3.15. The summed E-state index contributed by atoms with van der Waals surface area (Å²) in [6.45, 7) is 3.88. The number of aromatic hydroxyl groups is 1. The van der Waals surface area contributed by atoms with E-state index in [1.54, 1.807) is 37.3 Å². The van der Waals surface area contributed by atoms with Gasteiger partial charge in [0.2, 0.25) is 0 Å². The Balaban J connectivity index is 2.40. The average Bonchev–Trinajstić information content (AvgIpc) is 2.85. The normalized spacial score (nSPS) is 10.7. The molecule has 2 rings (SSSR count). The van der Waals surface area contributed by atoms with Crippen molar-refractivity contribution in [2.45, 2.75) is 71.6 Å². The van der Waals surface area contributed by atoms with Gasteiger partial charge in [-0.25, -0.2) is 9.59 Å². The van der Waals surface area contributed by atoms with E-state index >= 15 is 0 Å². The van der Waals surface area contributed by atoms with E-state index in [1.807, 2.05) is 0 Å². The molecule has 0 saturated heterocycles. The summed E-state index contributed by atoms with van der Waals surface area (Å²) in [7, 11) is 1.17. The first-order chi connectivity index (χ1) is 16.5.